The first-order valence-corrected chi connectivity index (χ1v) is 21.8. The van der Waals surface area contributed by atoms with Crippen LogP contribution in [-0.4, -0.2) is 4.98 Å². The van der Waals surface area contributed by atoms with Crippen molar-refractivity contribution in [3.05, 3.63) is 18.2 Å². The monoisotopic (exact) mass is 644 g/mol. The Labute approximate surface area is 291 Å². The van der Waals surface area contributed by atoms with Crippen LogP contribution >= 0.6 is 0 Å². The number of hydrogen-bond donors (Lipinski definition) is 1. The Hall–Kier alpha value is -0.790. The Balaban J connectivity index is 2.30. The third-order valence-corrected chi connectivity index (χ3v) is 10.9. The third-order valence-electron chi connectivity index (χ3n) is 10.9. The van der Waals surface area contributed by atoms with E-state index < -0.39 is 0 Å². The van der Waals surface area contributed by atoms with Gasteiger partial charge in [-0.05, 0) is 32.6 Å². The van der Waals surface area contributed by atoms with Crippen molar-refractivity contribution in [2.45, 2.75) is 264 Å². The van der Waals surface area contributed by atoms with E-state index in [-0.39, 0.29) is 0 Å². The molecule has 0 amide bonds. The van der Waals surface area contributed by atoms with Gasteiger partial charge in [-0.15, -0.1) is 0 Å². The van der Waals surface area contributed by atoms with E-state index in [0.29, 0.717) is 12.0 Å². The van der Waals surface area contributed by atoms with Crippen LogP contribution in [0.5, 0.6) is 0 Å². The van der Waals surface area contributed by atoms with Crippen molar-refractivity contribution in [3.8, 4) is 0 Å². The Morgan fingerprint density at radius 2 is 0.696 bits per heavy atom. The maximum Gasteiger partial charge on any atom is 0.257 e. The van der Waals surface area contributed by atoms with Crippen LogP contribution in [0.4, 0.5) is 0 Å². The fraction of sp³-hybridized carbons (Fsp3) is 0.932. The Bertz CT molecular complexity index is 709. The minimum Gasteiger partial charge on any atom is -0.247 e. The van der Waals surface area contributed by atoms with Gasteiger partial charge in [0.2, 0.25) is 0 Å². The SMILES string of the molecule is CCCCCCCCCCCCCCCCCCCC(CCCCCCCCC)c1[nH]cc[n+]1C(C)CCCCCCCCCC. The third kappa shape index (κ3) is 25.3. The molecule has 0 bridgehead atoms. The second-order valence-electron chi connectivity index (χ2n) is 15.4. The standard InChI is InChI=1S/C44H86N2/c1-5-8-11-14-17-19-20-21-22-23-24-25-26-27-30-33-36-39-43(38-35-32-28-16-13-10-7-3)44-45-40-41-46(44)42(4)37-34-31-29-18-15-12-9-6-2/h40-43H,5-39H2,1-4H3/p+1. The van der Waals surface area contributed by atoms with Crippen molar-refractivity contribution in [1.82, 2.24) is 4.98 Å². The molecule has 0 aliphatic heterocycles. The van der Waals surface area contributed by atoms with Gasteiger partial charge in [-0.25, -0.2) is 9.55 Å². The summed E-state index contributed by atoms with van der Waals surface area (Å²) >= 11 is 0. The smallest absolute Gasteiger partial charge is 0.247 e. The highest BCUT2D eigenvalue weighted by atomic mass is 15.1. The molecule has 2 nitrogen and oxygen atoms in total. The number of nitrogens with zero attached hydrogens (tertiary/aromatic N) is 1. The number of aromatic amines is 1. The van der Waals surface area contributed by atoms with Gasteiger partial charge in [0.25, 0.3) is 5.82 Å². The molecule has 0 saturated heterocycles. The van der Waals surface area contributed by atoms with Crippen LogP contribution in [0.1, 0.15) is 270 Å². The van der Waals surface area contributed by atoms with Crippen molar-refractivity contribution in [2.24, 2.45) is 0 Å². The van der Waals surface area contributed by atoms with Crippen molar-refractivity contribution in [2.75, 3.05) is 0 Å². The Morgan fingerprint density at radius 1 is 0.413 bits per heavy atom. The van der Waals surface area contributed by atoms with Crippen LogP contribution in [-0.2, 0) is 0 Å². The first kappa shape index (κ1) is 43.2. The second-order valence-corrected chi connectivity index (χ2v) is 15.4. The summed E-state index contributed by atoms with van der Waals surface area (Å²) in [6.45, 7) is 9.42. The zero-order chi connectivity index (χ0) is 33.2. The van der Waals surface area contributed by atoms with Crippen LogP contribution in [0.15, 0.2) is 12.4 Å². The van der Waals surface area contributed by atoms with Crippen molar-refractivity contribution in [3.63, 3.8) is 0 Å². The molecule has 0 aliphatic rings. The highest BCUT2D eigenvalue weighted by Gasteiger charge is 2.25. The fourth-order valence-corrected chi connectivity index (χ4v) is 7.66. The molecule has 0 aliphatic carbocycles. The minimum absolute atomic E-state index is 0.619. The summed E-state index contributed by atoms with van der Waals surface area (Å²) in [6, 6.07) is 0.619. The van der Waals surface area contributed by atoms with Crippen LogP contribution in [0.3, 0.4) is 0 Å². The summed E-state index contributed by atoms with van der Waals surface area (Å²) in [6.07, 6.45) is 54.6. The average Bonchev–Trinajstić information content (AvgIpc) is 3.56. The number of imidazole rings is 1. The molecular formula is C44H87N2+. The van der Waals surface area contributed by atoms with Crippen LogP contribution in [0, 0.1) is 0 Å². The van der Waals surface area contributed by atoms with Gasteiger partial charge in [0, 0.05) is 0 Å². The number of nitrogens with one attached hydrogen (secondary N) is 1. The van der Waals surface area contributed by atoms with Crippen LogP contribution in [0.25, 0.3) is 0 Å². The molecule has 2 heteroatoms. The topological polar surface area (TPSA) is 19.7 Å². The molecule has 2 atom stereocenters. The van der Waals surface area contributed by atoms with Crippen LogP contribution < -0.4 is 4.57 Å². The zero-order valence-electron chi connectivity index (χ0n) is 32.5. The maximum atomic E-state index is 3.76. The summed E-state index contributed by atoms with van der Waals surface area (Å²) in [4.78, 5) is 3.76. The largest absolute Gasteiger partial charge is 0.257 e. The number of rotatable bonds is 37. The van der Waals surface area contributed by atoms with E-state index in [2.05, 4.69) is 49.6 Å². The van der Waals surface area contributed by atoms with Gasteiger partial charge < -0.3 is 0 Å². The molecule has 2 unspecified atom stereocenters. The van der Waals surface area contributed by atoms with Gasteiger partial charge in [-0.3, -0.25) is 0 Å². The molecule has 1 aromatic rings. The van der Waals surface area contributed by atoms with E-state index in [1.807, 2.05) is 0 Å². The fourth-order valence-electron chi connectivity index (χ4n) is 7.66. The lowest BCUT2D eigenvalue weighted by atomic mass is 9.92. The predicted molar refractivity (Wildman–Crippen MR) is 207 cm³/mol. The molecule has 1 heterocycles. The van der Waals surface area contributed by atoms with E-state index in [4.69, 9.17) is 0 Å². The summed E-state index contributed by atoms with van der Waals surface area (Å²) in [7, 11) is 0. The zero-order valence-corrected chi connectivity index (χ0v) is 32.5. The molecule has 46 heavy (non-hydrogen) atoms. The molecular weight excluding hydrogens is 556 g/mol. The van der Waals surface area contributed by atoms with Gasteiger partial charge in [0.05, 0.1) is 12.0 Å². The summed E-state index contributed by atoms with van der Waals surface area (Å²) in [5.74, 6) is 2.25. The number of aromatic nitrogens is 2. The van der Waals surface area contributed by atoms with Gasteiger partial charge in [-0.1, -0.05) is 220 Å². The summed E-state index contributed by atoms with van der Waals surface area (Å²) in [5, 5.41) is 0. The lowest BCUT2D eigenvalue weighted by molar-refractivity contribution is -0.727. The average molecular weight is 644 g/mol. The number of hydrogen-bond acceptors (Lipinski definition) is 0. The molecule has 1 rings (SSSR count). The predicted octanol–water partition coefficient (Wildman–Crippen LogP) is 15.7. The summed E-state index contributed by atoms with van der Waals surface area (Å²) in [5.41, 5.74) is 0. The van der Waals surface area contributed by atoms with Gasteiger partial charge in [0.1, 0.15) is 12.4 Å². The van der Waals surface area contributed by atoms with Crippen molar-refractivity contribution >= 4 is 0 Å². The maximum absolute atomic E-state index is 3.76. The number of H-pyrrole nitrogens is 1. The molecule has 0 fully saturated rings. The Kier molecular flexibility index (Phi) is 32.0. The Morgan fingerprint density at radius 3 is 1.02 bits per heavy atom. The number of unbranched alkanes of at least 4 members (excludes halogenated alkanes) is 29. The van der Waals surface area contributed by atoms with Gasteiger partial charge >= 0.3 is 0 Å². The van der Waals surface area contributed by atoms with E-state index >= 15 is 0 Å². The lowest BCUT2D eigenvalue weighted by Crippen LogP contribution is -2.41. The molecule has 0 radical (unpaired) electrons. The van der Waals surface area contributed by atoms with Gasteiger partial charge in [-0.2, -0.15) is 0 Å². The summed E-state index contributed by atoms with van der Waals surface area (Å²) < 4.78 is 2.64. The van der Waals surface area contributed by atoms with Crippen LogP contribution in [0.2, 0.25) is 0 Å². The molecule has 272 valence electrons. The van der Waals surface area contributed by atoms with E-state index in [0.717, 1.165) is 0 Å². The molecule has 0 spiro atoms. The lowest BCUT2D eigenvalue weighted by Gasteiger charge is -2.17. The quantitative estimate of drug-likeness (QED) is 0.0550. The second kappa shape index (κ2) is 34.1. The van der Waals surface area contributed by atoms with Crippen molar-refractivity contribution < 1.29 is 4.57 Å². The molecule has 1 aromatic heterocycles. The minimum atomic E-state index is 0.619. The van der Waals surface area contributed by atoms with Crippen molar-refractivity contribution in [1.29, 1.82) is 0 Å². The van der Waals surface area contributed by atoms with Gasteiger partial charge in [0.15, 0.2) is 0 Å². The molecule has 0 saturated carbocycles. The van der Waals surface area contributed by atoms with E-state index in [1.165, 1.54) is 231 Å². The molecule has 1 N–H and O–H groups in total. The normalized spacial score (nSPS) is 13.0. The van der Waals surface area contributed by atoms with E-state index in [1.54, 1.807) is 0 Å². The first-order valence-electron chi connectivity index (χ1n) is 21.8. The van der Waals surface area contributed by atoms with E-state index in [9.17, 15) is 0 Å². The highest BCUT2D eigenvalue weighted by Crippen LogP contribution is 2.27. The first-order chi connectivity index (χ1) is 22.7. The molecule has 0 aromatic carbocycles. The highest BCUT2D eigenvalue weighted by molar-refractivity contribution is 4.90.